The van der Waals surface area contributed by atoms with E-state index in [1.165, 1.54) is 11.3 Å². The molecule has 0 aliphatic rings. The molecule has 2 amide bonds. The fourth-order valence-electron chi connectivity index (χ4n) is 4.43. The van der Waals surface area contributed by atoms with Gasteiger partial charge in [0.1, 0.15) is 0 Å². The maximum Gasteiger partial charge on any atom is 0.266 e. The number of H-pyrrole nitrogens is 1. The number of aliphatic hydroxyl groups excluding tert-OH is 1. The Bertz CT molecular complexity index is 1450. The minimum atomic E-state index is -0.222. The van der Waals surface area contributed by atoms with Crippen molar-refractivity contribution >= 4 is 51.9 Å². The minimum Gasteiger partial charge on any atom is -0.395 e. The Labute approximate surface area is 233 Å². The minimum absolute atomic E-state index is 0.121. The highest BCUT2D eigenvalue weighted by molar-refractivity contribution is 7.12. The van der Waals surface area contributed by atoms with E-state index < -0.39 is 0 Å². The Morgan fingerprint density at radius 2 is 1.85 bits per heavy atom. The third-order valence-corrected chi connectivity index (χ3v) is 7.79. The van der Waals surface area contributed by atoms with E-state index >= 15 is 0 Å². The number of carbonyl (C=O) groups is 2. The van der Waals surface area contributed by atoms with Gasteiger partial charge in [-0.25, -0.2) is 0 Å². The Morgan fingerprint density at radius 1 is 1.05 bits per heavy atom. The van der Waals surface area contributed by atoms with E-state index in [2.05, 4.69) is 34.3 Å². The van der Waals surface area contributed by atoms with Crippen molar-refractivity contribution in [1.29, 1.82) is 0 Å². The van der Waals surface area contributed by atoms with Crippen molar-refractivity contribution in [3.63, 3.8) is 0 Å². The number of likely N-dealkylation sites (N-methyl/N-ethyl adjacent to an activating group) is 1. The van der Waals surface area contributed by atoms with Crippen LogP contribution in [-0.2, 0) is 0 Å². The van der Waals surface area contributed by atoms with Crippen molar-refractivity contribution in [2.45, 2.75) is 20.8 Å². The summed E-state index contributed by atoms with van der Waals surface area (Å²) in [7, 11) is 0. The van der Waals surface area contributed by atoms with Gasteiger partial charge in [0.15, 0.2) is 0 Å². The number of benzene rings is 2. The lowest BCUT2D eigenvalue weighted by molar-refractivity contribution is 0.0701. The summed E-state index contributed by atoms with van der Waals surface area (Å²) in [6.45, 7) is 9.20. The highest BCUT2D eigenvalue weighted by Gasteiger charge is 2.19. The van der Waals surface area contributed by atoms with Gasteiger partial charge in [-0.3, -0.25) is 14.7 Å². The van der Waals surface area contributed by atoms with Crippen LogP contribution in [0, 0.1) is 6.92 Å². The maximum atomic E-state index is 13.5. The fourth-order valence-corrected chi connectivity index (χ4v) is 5.25. The molecule has 0 atom stereocenters. The van der Waals surface area contributed by atoms with E-state index in [1.54, 1.807) is 17.0 Å². The maximum absolute atomic E-state index is 13.5. The smallest absolute Gasteiger partial charge is 0.266 e. The molecule has 9 heteroatoms. The first-order valence-electron chi connectivity index (χ1n) is 13.2. The second-order valence-electron chi connectivity index (χ2n) is 9.22. The molecule has 8 nitrogen and oxygen atoms in total. The first kappa shape index (κ1) is 28.2. The Kier molecular flexibility index (Phi) is 9.64. The summed E-state index contributed by atoms with van der Waals surface area (Å²) >= 11 is 1.38. The van der Waals surface area contributed by atoms with E-state index in [1.807, 2.05) is 60.9 Å². The molecular weight excluding hydrogens is 510 g/mol. The van der Waals surface area contributed by atoms with Gasteiger partial charge in [-0.05, 0) is 66.9 Å². The number of nitrogens with zero attached hydrogens (tertiary/aromatic N) is 3. The van der Waals surface area contributed by atoms with Crippen molar-refractivity contribution in [1.82, 2.24) is 20.0 Å². The molecule has 2 aromatic heterocycles. The lowest BCUT2D eigenvalue weighted by atomic mass is 10.1. The topological polar surface area (TPSA) is 102 Å². The predicted molar refractivity (Wildman–Crippen MR) is 159 cm³/mol. The number of aryl methyl sites for hydroxylation is 1. The molecule has 2 aromatic carbocycles. The molecular formula is C30H35N5O3S. The number of nitrogens with one attached hydrogen (secondary N) is 2. The molecule has 0 fully saturated rings. The largest absolute Gasteiger partial charge is 0.395 e. The number of carbonyl (C=O) groups excluding carboxylic acids is 2. The molecule has 3 N–H and O–H groups in total. The Hall–Kier alpha value is -3.79. The molecule has 0 aliphatic heterocycles. The highest BCUT2D eigenvalue weighted by Crippen LogP contribution is 2.25. The lowest BCUT2D eigenvalue weighted by Gasteiger charge is -2.26. The first-order valence-corrected chi connectivity index (χ1v) is 14.1. The summed E-state index contributed by atoms with van der Waals surface area (Å²) in [5.74, 6) is -0.409. The Balaban J connectivity index is 1.65. The van der Waals surface area contributed by atoms with E-state index in [0.717, 1.165) is 47.4 Å². The molecule has 0 aliphatic carbocycles. The van der Waals surface area contributed by atoms with Gasteiger partial charge in [0.2, 0.25) is 0 Å². The van der Waals surface area contributed by atoms with Crippen molar-refractivity contribution in [3.8, 4) is 0 Å². The second kappa shape index (κ2) is 13.3. The zero-order valence-corrected chi connectivity index (χ0v) is 23.4. The van der Waals surface area contributed by atoms with Gasteiger partial charge in [0.05, 0.1) is 22.7 Å². The number of aliphatic hydroxyl groups is 1. The summed E-state index contributed by atoms with van der Waals surface area (Å²) in [5.41, 5.74) is 4.34. The van der Waals surface area contributed by atoms with Gasteiger partial charge in [-0.1, -0.05) is 44.2 Å². The number of thiophene rings is 1. The molecule has 0 bridgehead atoms. The van der Waals surface area contributed by atoms with E-state index in [9.17, 15) is 14.7 Å². The summed E-state index contributed by atoms with van der Waals surface area (Å²) in [6, 6.07) is 15.1. The summed E-state index contributed by atoms with van der Waals surface area (Å²) in [5, 5.41) is 22.9. The van der Waals surface area contributed by atoms with E-state index in [4.69, 9.17) is 0 Å². The van der Waals surface area contributed by atoms with Crippen LogP contribution in [0.5, 0.6) is 0 Å². The molecule has 39 heavy (non-hydrogen) atoms. The molecule has 204 valence electrons. The van der Waals surface area contributed by atoms with Crippen LogP contribution in [0.4, 0.5) is 5.69 Å². The third kappa shape index (κ3) is 6.81. The zero-order valence-electron chi connectivity index (χ0n) is 22.6. The summed E-state index contributed by atoms with van der Waals surface area (Å²) in [6.07, 6.45) is 3.78. The quantitative estimate of drug-likeness (QED) is 0.229. The number of aromatic nitrogens is 2. The molecule has 0 saturated carbocycles. The number of hydrogen-bond donors (Lipinski definition) is 3. The van der Waals surface area contributed by atoms with Crippen LogP contribution < -0.4 is 5.32 Å². The average Bonchev–Trinajstić information content (AvgIpc) is 3.57. The van der Waals surface area contributed by atoms with Crippen LogP contribution in [-0.4, -0.2) is 76.2 Å². The van der Waals surface area contributed by atoms with Crippen molar-refractivity contribution < 1.29 is 14.7 Å². The predicted octanol–water partition coefficient (Wildman–Crippen LogP) is 5.13. The van der Waals surface area contributed by atoms with Crippen molar-refractivity contribution in [2.75, 3.05) is 44.6 Å². The van der Waals surface area contributed by atoms with Crippen LogP contribution in [0.15, 0.2) is 53.9 Å². The van der Waals surface area contributed by atoms with Gasteiger partial charge < -0.3 is 20.2 Å². The number of fused-ring (bicyclic) bond motifs is 1. The fraction of sp³-hybridized carbons (Fsp3) is 0.300. The van der Waals surface area contributed by atoms with Crippen LogP contribution in [0.1, 0.15) is 50.7 Å². The van der Waals surface area contributed by atoms with Gasteiger partial charge in [-0.15, -0.1) is 11.3 Å². The standard InChI is InChI=1S/C30H35N5O3S/c1-4-34(5-2)15-16-35(17-18-36)30(38)23-11-10-22(12-13-26-24-8-6-7-9-25(24)32-33-26)27(20-23)31-29(37)28-21(3)14-19-39-28/h6-14,19-20,36H,4-5,15-18H2,1-3H3,(H,31,37)(H,32,33)/b13-12+. The number of aromatic amines is 1. The third-order valence-electron chi connectivity index (χ3n) is 6.78. The van der Waals surface area contributed by atoms with Crippen LogP contribution in [0.3, 0.4) is 0 Å². The van der Waals surface area contributed by atoms with E-state index in [-0.39, 0.29) is 25.0 Å². The van der Waals surface area contributed by atoms with Crippen LogP contribution >= 0.6 is 11.3 Å². The number of anilines is 1. The summed E-state index contributed by atoms with van der Waals surface area (Å²) < 4.78 is 0. The van der Waals surface area contributed by atoms with Crippen molar-refractivity contribution in [2.24, 2.45) is 0 Å². The number of para-hydroxylation sites is 1. The van der Waals surface area contributed by atoms with Crippen LogP contribution in [0.2, 0.25) is 0 Å². The monoisotopic (exact) mass is 545 g/mol. The van der Waals surface area contributed by atoms with Gasteiger partial charge in [0.25, 0.3) is 11.8 Å². The van der Waals surface area contributed by atoms with Gasteiger partial charge >= 0.3 is 0 Å². The number of hydrogen-bond acceptors (Lipinski definition) is 6. The molecule has 0 saturated heterocycles. The molecule has 4 aromatic rings. The summed E-state index contributed by atoms with van der Waals surface area (Å²) in [4.78, 5) is 31.2. The second-order valence-corrected chi connectivity index (χ2v) is 10.1. The SMILES string of the molecule is CCN(CC)CCN(CCO)C(=O)c1ccc(/C=C/c2n[nH]c3ccccc23)c(NC(=O)c2sccc2C)c1. The normalized spacial score (nSPS) is 11.5. The molecule has 0 spiro atoms. The van der Waals surface area contributed by atoms with Gasteiger partial charge in [-0.2, -0.15) is 5.10 Å². The zero-order chi connectivity index (χ0) is 27.8. The lowest BCUT2D eigenvalue weighted by Crippen LogP contribution is -2.40. The highest BCUT2D eigenvalue weighted by atomic mass is 32.1. The molecule has 4 rings (SSSR count). The van der Waals surface area contributed by atoms with Crippen molar-refractivity contribution in [3.05, 3.63) is 81.2 Å². The average molecular weight is 546 g/mol. The van der Waals surface area contributed by atoms with Gasteiger partial charge in [0, 0.05) is 36.3 Å². The molecule has 2 heterocycles. The number of rotatable bonds is 12. The van der Waals surface area contributed by atoms with E-state index in [0.29, 0.717) is 22.7 Å². The molecule has 0 radical (unpaired) electrons. The first-order chi connectivity index (χ1) is 18.9. The molecule has 0 unspecified atom stereocenters. The Morgan fingerprint density at radius 3 is 2.56 bits per heavy atom. The number of amides is 2. The van der Waals surface area contributed by atoms with Crippen LogP contribution in [0.25, 0.3) is 23.1 Å².